The molecule has 1 atom stereocenters. The molecule has 1 amide bonds. The van der Waals surface area contributed by atoms with Crippen LogP contribution >= 0.6 is 0 Å². The van der Waals surface area contributed by atoms with Crippen molar-refractivity contribution in [3.05, 3.63) is 71.3 Å². The van der Waals surface area contributed by atoms with E-state index in [2.05, 4.69) is 0 Å². The van der Waals surface area contributed by atoms with Gasteiger partial charge in [-0.1, -0.05) is 54.6 Å². The third kappa shape index (κ3) is 2.76. The smallest absolute Gasteiger partial charge is 0.250 e. The normalized spacial score (nSPS) is 12.1. The SMILES string of the molecule is NC(=O)C(O)c1ccccc1Cc1ccccc1. The number of aliphatic hydroxyl groups is 1. The monoisotopic (exact) mass is 241 g/mol. The van der Waals surface area contributed by atoms with E-state index >= 15 is 0 Å². The van der Waals surface area contributed by atoms with Crippen molar-refractivity contribution < 1.29 is 9.90 Å². The van der Waals surface area contributed by atoms with E-state index in [0.29, 0.717) is 12.0 Å². The van der Waals surface area contributed by atoms with E-state index in [9.17, 15) is 9.90 Å². The number of carbonyl (C=O) groups is 1. The Morgan fingerprint density at radius 1 is 1.06 bits per heavy atom. The van der Waals surface area contributed by atoms with E-state index in [1.54, 1.807) is 12.1 Å². The van der Waals surface area contributed by atoms with Crippen molar-refractivity contribution in [2.45, 2.75) is 12.5 Å². The third-order valence-corrected chi connectivity index (χ3v) is 2.86. The first-order valence-electron chi connectivity index (χ1n) is 5.77. The molecule has 3 heteroatoms. The summed E-state index contributed by atoms with van der Waals surface area (Å²) in [4.78, 5) is 11.1. The third-order valence-electron chi connectivity index (χ3n) is 2.86. The lowest BCUT2D eigenvalue weighted by Gasteiger charge is -2.12. The minimum absolute atomic E-state index is 0.578. The molecule has 2 aromatic rings. The summed E-state index contributed by atoms with van der Waals surface area (Å²) in [7, 11) is 0. The molecule has 0 bridgehead atoms. The van der Waals surface area contributed by atoms with Gasteiger partial charge in [-0.3, -0.25) is 4.79 Å². The highest BCUT2D eigenvalue weighted by Gasteiger charge is 2.16. The second-order valence-corrected chi connectivity index (χ2v) is 4.17. The molecule has 3 N–H and O–H groups in total. The molecule has 18 heavy (non-hydrogen) atoms. The van der Waals surface area contributed by atoms with Gasteiger partial charge in [-0.2, -0.15) is 0 Å². The molecule has 2 aromatic carbocycles. The van der Waals surface area contributed by atoms with E-state index in [1.165, 1.54) is 0 Å². The summed E-state index contributed by atoms with van der Waals surface area (Å²) in [6, 6.07) is 17.2. The summed E-state index contributed by atoms with van der Waals surface area (Å²) < 4.78 is 0. The highest BCUT2D eigenvalue weighted by molar-refractivity contribution is 5.80. The average molecular weight is 241 g/mol. The van der Waals surface area contributed by atoms with Crippen LogP contribution in [0.2, 0.25) is 0 Å². The molecule has 3 nitrogen and oxygen atoms in total. The summed E-state index contributed by atoms with van der Waals surface area (Å²) in [5.41, 5.74) is 7.76. The zero-order valence-corrected chi connectivity index (χ0v) is 9.91. The Balaban J connectivity index is 2.31. The number of hydrogen-bond donors (Lipinski definition) is 2. The summed E-state index contributed by atoms with van der Waals surface area (Å²) in [6.45, 7) is 0. The molecule has 2 rings (SSSR count). The van der Waals surface area contributed by atoms with Crippen LogP contribution in [0.25, 0.3) is 0 Å². The lowest BCUT2D eigenvalue weighted by molar-refractivity contribution is -0.126. The number of amides is 1. The number of rotatable bonds is 4. The molecule has 0 heterocycles. The van der Waals surface area contributed by atoms with Crippen molar-refractivity contribution in [2.75, 3.05) is 0 Å². The number of primary amides is 1. The topological polar surface area (TPSA) is 63.3 Å². The van der Waals surface area contributed by atoms with Crippen LogP contribution in [-0.4, -0.2) is 11.0 Å². The average Bonchev–Trinajstić information content (AvgIpc) is 2.39. The van der Waals surface area contributed by atoms with Gasteiger partial charge in [-0.15, -0.1) is 0 Å². The van der Waals surface area contributed by atoms with E-state index in [0.717, 1.165) is 11.1 Å². The molecule has 0 aliphatic heterocycles. The predicted octanol–water partition coefficient (Wildman–Crippen LogP) is 1.80. The molecule has 0 saturated carbocycles. The molecular formula is C15H15NO2. The summed E-state index contributed by atoms with van der Waals surface area (Å²) in [6.07, 6.45) is -0.577. The molecule has 0 aliphatic carbocycles. The number of benzene rings is 2. The molecule has 92 valence electrons. The van der Waals surface area contributed by atoms with Gasteiger partial charge in [0.25, 0.3) is 5.91 Å². The number of nitrogens with two attached hydrogens (primary N) is 1. The fourth-order valence-corrected chi connectivity index (χ4v) is 1.93. The van der Waals surface area contributed by atoms with Crippen LogP contribution in [0.4, 0.5) is 0 Å². The van der Waals surface area contributed by atoms with Crippen LogP contribution in [0.15, 0.2) is 54.6 Å². The predicted molar refractivity (Wildman–Crippen MR) is 69.8 cm³/mol. The highest BCUT2D eigenvalue weighted by atomic mass is 16.3. The Morgan fingerprint density at radius 2 is 1.67 bits per heavy atom. The zero-order valence-electron chi connectivity index (χ0n) is 9.91. The van der Waals surface area contributed by atoms with Gasteiger partial charge < -0.3 is 10.8 Å². The standard InChI is InChI=1S/C15H15NO2/c16-15(18)14(17)13-9-5-4-8-12(13)10-11-6-2-1-3-7-11/h1-9,14,17H,10H2,(H2,16,18). The number of aliphatic hydroxyl groups excluding tert-OH is 1. The van der Waals surface area contributed by atoms with Crippen molar-refractivity contribution in [3.8, 4) is 0 Å². The van der Waals surface area contributed by atoms with E-state index in [1.807, 2.05) is 42.5 Å². The molecule has 0 radical (unpaired) electrons. The summed E-state index contributed by atoms with van der Waals surface area (Å²) >= 11 is 0. The van der Waals surface area contributed by atoms with Gasteiger partial charge in [0.1, 0.15) is 0 Å². The fourth-order valence-electron chi connectivity index (χ4n) is 1.93. The number of hydrogen-bond acceptors (Lipinski definition) is 2. The first-order chi connectivity index (χ1) is 8.68. The van der Waals surface area contributed by atoms with Crippen LogP contribution in [0, 0.1) is 0 Å². The lowest BCUT2D eigenvalue weighted by Crippen LogP contribution is -2.22. The molecule has 1 unspecified atom stereocenters. The Bertz CT molecular complexity index is 537. The van der Waals surface area contributed by atoms with Gasteiger partial charge in [-0.05, 0) is 23.1 Å². The van der Waals surface area contributed by atoms with Crippen LogP contribution in [0.5, 0.6) is 0 Å². The fraction of sp³-hybridized carbons (Fsp3) is 0.133. The van der Waals surface area contributed by atoms with Crippen LogP contribution in [0.3, 0.4) is 0 Å². The second kappa shape index (κ2) is 5.47. The molecule has 0 fully saturated rings. The minimum Gasteiger partial charge on any atom is -0.378 e. The van der Waals surface area contributed by atoms with Crippen LogP contribution in [-0.2, 0) is 11.2 Å². The van der Waals surface area contributed by atoms with Gasteiger partial charge in [0.15, 0.2) is 6.10 Å². The van der Waals surface area contributed by atoms with Gasteiger partial charge >= 0.3 is 0 Å². The highest BCUT2D eigenvalue weighted by Crippen LogP contribution is 2.20. The summed E-state index contributed by atoms with van der Waals surface area (Å²) in [5, 5.41) is 9.78. The minimum atomic E-state index is -1.25. The molecular weight excluding hydrogens is 226 g/mol. The lowest BCUT2D eigenvalue weighted by atomic mass is 9.96. The van der Waals surface area contributed by atoms with Crippen molar-refractivity contribution in [1.82, 2.24) is 0 Å². The maximum Gasteiger partial charge on any atom is 0.250 e. The second-order valence-electron chi connectivity index (χ2n) is 4.17. The largest absolute Gasteiger partial charge is 0.378 e. The first-order valence-corrected chi connectivity index (χ1v) is 5.77. The molecule has 0 aliphatic rings. The maximum atomic E-state index is 11.1. The Morgan fingerprint density at radius 3 is 2.33 bits per heavy atom. The van der Waals surface area contributed by atoms with E-state index < -0.39 is 12.0 Å². The Kier molecular flexibility index (Phi) is 3.75. The van der Waals surface area contributed by atoms with Crippen molar-refractivity contribution in [3.63, 3.8) is 0 Å². The van der Waals surface area contributed by atoms with Crippen molar-refractivity contribution >= 4 is 5.91 Å². The van der Waals surface area contributed by atoms with E-state index in [4.69, 9.17) is 5.73 Å². The van der Waals surface area contributed by atoms with Crippen LogP contribution in [0.1, 0.15) is 22.8 Å². The molecule has 0 aromatic heterocycles. The Hall–Kier alpha value is -2.13. The van der Waals surface area contributed by atoms with E-state index in [-0.39, 0.29) is 0 Å². The van der Waals surface area contributed by atoms with Gasteiger partial charge in [-0.25, -0.2) is 0 Å². The molecule has 0 saturated heterocycles. The van der Waals surface area contributed by atoms with Crippen molar-refractivity contribution in [2.24, 2.45) is 5.73 Å². The first kappa shape index (κ1) is 12.3. The maximum absolute atomic E-state index is 11.1. The quantitative estimate of drug-likeness (QED) is 0.857. The van der Waals surface area contributed by atoms with Crippen molar-refractivity contribution in [1.29, 1.82) is 0 Å². The zero-order chi connectivity index (χ0) is 13.0. The number of carbonyl (C=O) groups excluding carboxylic acids is 1. The molecule has 0 spiro atoms. The van der Waals surface area contributed by atoms with Gasteiger partial charge in [0, 0.05) is 0 Å². The Labute approximate surface area is 106 Å². The van der Waals surface area contributed by atoms with Crippen LogP contribution < -0.4 is 5.73 Å². The van der Waals surface area contributed by atoms with Gasteiger partial charge in [0.2, 0.25) is 0 Å². The van der Waals surface area contributed by atoms with Gasteiger partial charge in [0.05, 0.1) is 0 Å². The summed E-state index contributed by atoms with van der Waals surface area (Å²) in [5.74, 6) is -0.726.